The van der Waals surface area contributed by atoms with Crippen LogP contribution in [0.1, 0.15) is 31.9 Å². The second-order valence-electron chi connectivity index (χ2n) is 7.39. The van der Waals surface area contributed by atoms with E-state index in [2.05, 4.69) is 34.4 Å². The number of hydrogen-bond donors (Lipinski definition) is 2. The van der Waals surface area contributed by atoms with E-state index in [1.54, 1.807) is 13.2 Å². The molecule has 0 bridgehead atoms. The Balaban J connectivity index is 2.00. The van der Waals surface area contributed by atoms with Gasteiger partial charge in [0.15, 0.2) is 5.96 Å². The van der Waals surface area contributed by atoms with E-state index in [1.807, 2.05) is 13.0 Å². The van der Waals surface area contributed by atoms with Gasteiger partial charge in [-0.25, -0.2) is 9.38 Å². The molecule has 7 heteroatoms. The summed E-state index contributed by atoms with van der Waals surface area (Å²) in [4.78, 5) is 7.17. The Labute approximate surface area is 168 Å². The molecule has 158 valence electrons. The molecule has 1 aliphatic rings. The Morgan fingerprint density at radius 1 is 1.29 bits per heavy atom. The van der Waals surface area contributed by atoms with Gasteiger partial charge in [-0.05, 0) is 30.5 Å². The first-order chi connectivity index (χ1) is 13.5. The third-order valence-corrected chi connectivity index (χ3v) is 4.94. The van der Waals surface area contributed by atoms with Gasteiger partial charge in [-0.15, -0.1) is 0 Å². The average Bonchev–Trinajstić information content (AvgIpc) is 2.69. The minimum atomic E-state index is -0.245. The molecule has 1 aromatic rings. The van der Waals surface area contributed by atoms with Gasteiger partial charge in [0.1, 0.15) is 5.82 Å². The molecule has 1 unspecified atom stereocenters. The van der Waals surface area contributed by atoms with Crippen molar-refractivity contribution in [2.45, 2.75) is 40.0 Å². The molecule has 1 atom stereocenters. The minimum Gasteiger partial charge on any atom is -0.380 e. The summed E-state index contributed by atoms with van der Waals surface area (Å²) >= 11 is 0. The Morgan fingerprint density at radius 2 is 2.04 bits per heavy atom. The average molecular weight is 395 g/mol. The zero-order chi connectivity index (χ0) is 20.4. The maximum atomic E-state index is 13.8. The van der Waals surface area contributed by atoms with Crippen LogP contribution in [0.15, 0.2) is 23.2 Å². The summed E-state index contributed by atoms with van der Waals surface area (Å²) in [6.45, 7) is 12.4. The van der Waals surface area contributed by atoms with Crippen molar-refractivity contribution in [1.29, 1.82) is 0 Å². The predicted molar refractivity (Wildman–Crippen MR) is 111 cm³/mol. The van der Waals surface area contributed by atoms with E-state index >= 15 is 0 Å². The zero-order valence-corrected chi connectivity index (χ0v) is 17.6. The monoisotopic (exact) mass is 394 g/mol. The fourth-order valence-electron chi connectivity index (χ4n) is 3.40. The molecule has 6 nitrogen and oxygen atoms in total. The third-order valence-electron chi connectivity index (χ3n) is 4.94. The molecule has 0 aliphatic carbocycles. The fourth-order valence-corrected chi connectivity index (χ4v) is 3.40. The van der Waals surface area contributed by atoms with E-state index in [1.165, 1.54) is 6.07 Å². The topological polar surface area (TPSA) is 58.1 Å². The van der Waals surface area contributed by atoms with E-state index in [9.17, 15) is 4.39 Å². The van der Waals surface area contributed by atoms with Crippen LogP contribution in [0.5, 0.6) is 0 Å². The Bertz CT molecular complexity index is 618. The van der Waals surface area contributed by atoms with Gasteiger partial charge in [0.2, 0.25) is 0 Å². The highest BCUT2D eigenvalue weighted by Crippen LogP contribution is 2.14. The molecular formula is C21H35FN4O2. The van der Waals surface area contributed by atoms with Crippen molar-refractivity contribution in [3.63, 3.8) is 0 Å². The van der Waals surface area contributed by atoms with E-state index in [-0.39, 0.29) is 12.4 Å². The number of methoxy groups -OCH3 is 1. The maximum absolute atomic E-state index is 13.8. The second-order valence-corrected chi connectivity index (χ2v) is 7.39. The van der Waals surface area contributed by atoms with Gasteiger partial charge in [0.25, 0.3) is 0 Å². The molecule has 0 radical (unpaired) electrons. The summed E-state index contributed by atoms with van der Waals surface area (Å²) in [6, 6.07) is 5.49. The third kappa shape index (κ3) is 7.04. The van der Waals surface area contributed by atoms with E-state index in [0.29, 0.717) is 24.1 Å². The summed E-state index contributed by atoms with van der Waals surface area (Å²) < 4.78 is 24.3. The molecule has 0 aromatic heterocycles. The number of halogens is 1. The van der Waals surface area contributed by atoms with Crippen LogP contribution in [-0.2, 0) is 22.6 Å². The number of morpholine rings is 1. The minimum absolute atomic E-state index is 0.245. The van der Waals surface area contributed by atoms with E-state index in [4.69, 9.17) is 9.47 Å². The number of ether oxygens (including phenoxy) is 2. The summed E-state index contributed by atoms with van der Waals surface area (Å²) in [5, 5.41) is 6.78. The maximum Gasteiger partial charge on any atom is 0.191 e. The number of nitrogens with one attached hydrogen (secondary N) is 2. The molecule has 28 heavy (non-hydrogen) atoms. The normalized spacial score (nSPS) is 17.0. The van der Waals surface area contributed by atoms with Crippen molar-refractivity contribution in [2.75, 3.05) is 46.5 Å². The summed E-state index contributed by atoms with van der Waals surface area (Å²) in [7, 11) is 1.57. The number of hydrogen-bond acceptors (Lipinski definition) is 4. The van der Waals surface area contributed by atoms with Crippen LogP contribution in [-0.4, -0.2) is 63.4 Å². The lowest BCUT2D eigenvalue weighted by atomic mass is 10.0. The second kappa shape index (κ2) is 12.0. The molecule has 0 spiro atoms. The van der Waals surface area contributed by atoms with Gasteiger partial charge in [0, 0.05) is 44.9 Å². The standard InChI is InChI=1S/C21H35FN4O2/c1-5-23-21(24-13-17-6-7-19(22)18(12-17)15-27-4)25-14-20(16(2)3)26-8-10-28-11-9-26/h6-7,12,16,20H,5,8-11,13-15H2,1-4H3,(H2,23,24,25). The van der Waals surface area contributed by atoms with Crippen molar-refractivity contribution in [2.24, 2.45) is 10.9 Å². The zero-order valence-electron chi connectivity index (χ0n) is 17.6. The lowest BCUT2D eigenvalue weighted by Gasteiger charge is -2.37. The first kappa shape index (κ1) is 22.6. The molecule has 1 saturated heterocycles. The summed E-state index contributed by atoms with van der Waals surface area (Å²) in [5.74, 6) is 1.06. The van der Waals surface area contributed by atoms with Gasteiger partial charge >= 0.3 is 0 Å². The van der Waals surface area contributed by atoms with Gasteiger partial charge in [-0.1, -0.05) is 19.9 Å². The lowest BCUT2D eigenvalue weighted by Crippen LogP contribution is -2.52. The van der Waals surface area contributed by atoms with Crippen LogP contribution in [0.3, 0.4) is 0 Å². The number of aliphatic imine (C=N–C) groups is 1. The van der Waals surface area contributed by atoms with Gasteiger partial charge < -0.3 is 20.1 Å². The highest BCUT2D eigenvalue weighted by Gasteiger charge is 2.23. The first-order valence-corrected chi connectivity index (χ1v) is 10.1. The highest BCUT2D eigenvalue weighted by atomic mass is 19.1. The van der Waals surface area contributed by atoms with Crippen molar-refractivity contribution >= 4 is 5.96 Å². The van der Waals surface area contributed by atoms with Crippen LogP contribution in [0.2, 0.25) is 0 Å². The van der Waals surface area contributed by atoms with Gasteiger partial charge in [-0.2, -0.15) is 0 Å². The molecule has 1 fully saturated rings. The largest absolute Gasteiger partial charge is 0.380 e. The van der Waals surface area contributed by atoms with Crippen molar-refractivity contribution in [3.8, 4) is 0 Å². The molecule has 0 saturated carbocycles. The molecule has 0 amide bonds. The van der Waals surface area contributed by atoms with Gasteiger partial charge in [-0.3, -0.25) is 4.90 Å². The Morgan fingerprint density at radius 3 is 2.68 bits per heavy atom. The highest BCUT2D eigenvalue weighted by molar-refractivity contribution is 5.79. The van der Waals surface area contributed by atoms with E-state index in [0.717, 1.165) is 50.9 Å². The lowest BCUT2D eigenvalue weighted by molar-refractivity contribution is 0.00752. The molecule has 1 aliphatic heterocycles. The van der Waals surface area contributed by atoms with Crippen LogP contribution in [0, 0.1) is 11.7 Å². The number of rotatable bonds is 9. The van der Waals surface area contributed by atoms with Crippen LogP contribution < -0.4 is 10.6 Å². The smallest absolute Gasteiger partial charge is 0.191 e. The van der Waals surface area contributed by atoms with Crippen molar-refractivity contribution in [1.82, 2.24) is 15.5 Å². The fraction of sp³-hybridized carbons (Fsp3) is 0.667. The molecule has 1 heterocycles. The predicted octanol–water partition coefficient (Wildman–Crippen LogP) is 2.38. The van der Waals surface area contributed by atoms with Crippen LogP contribution >= 0.6 is 0 Å². The Kier molecular flexibility index (Phi) is 9.67. The number of nitrogens with zero attached hydrogens (tertiary/aromatic N) is 2. The molecule has 1 aromatic carbocycles. The SMILES string of the molecule is CCNC(=NCc1ccc(F)c(COC)c1)NCC(C(C)C)N1CCOCC1. The summed E-state index contributed by atoms with van der Waals surface area (Å²) in [6.07, 6.45) is 0. The summed E-state index contributed by atoms with van der Waals surface area (Å²) in [5.41, 5.74) is 1.51. The first-order valence-electron chi connectivity index (χ1n) is 10.1. The van der Waals surface area contributed by atoms with Crippen LogP contribution in [0.4, 0.5) is 4.39 Å². The van der Waals surface area contributed by atoms with Crippen LogP contribution in [0.25, 0.3) is 0 Å². The van der Waals surface area contributed by atoms with Gasteiger partial charge in [0.05, 0.1) is 26.4 Å². The molecule has 2 N–H and O–H groups in total. The molecular weight excluding hydrogens is 359 g/mol. The Hall–Kier alpha value is -1.70. The molecule has 2 rings (SSSR count). The quantitative estimate of drug-likeness (QED) is 0.498. The number of guanidine groups is 1. The van der Waals surface area contributed by atoms with Crippen molar-refractivity contribution < 1.29 is 13.9 Å². The van der Waals surface area contributed by atoms with E-state index < -0.39 is 0 Å². The van der Waals surface area contributed by atoms with Crippen molar-refractivity contribution in [3.05, 3.63) is 35.1 Å². The number of benzene rings is 1.